The Kier molecular flexibility index (Phi) is 4.33. The third-order valence-corrected chi connectivity index (χ3v) is 2.32. The summed E-state index contributed by atoms with van der Waals surface area (Å²) in [7, 11) is 5.24. The number of rotatable bonds is 1. The molecule has 0 spiro atoms. The van der Waals surface area contributed by atoms with Gasteiger partial charge in [-0.25, -0.2) is 13.8 Å². The third kappa shape index (κ3) is 2.87. The zero-order valence-electron chi connectivity index (χ0n) is 9.92. The molecule has 0 aromatic carbocycles. The van der Waals surface area contributed by atoms with E-state index < -0.39 is 0 Å². The van der Waals surface area contributed by atoms with Gasteiger partial charge in [-0.1, -0.05) is 0 Å². The Bertz CT molecular complexity index is 536. The first-order valence-electron chi connectivity index (χ1n) is 4.93. The molecule has 0 saturated carbocycles. The maximum absolute atomic E-state index is 11.4. The van der Waals surface area contributed by atoms with Crippen LogP contribution in [0.25, 0.3) is 5.65 Å². The standard InChI is InChI=1S/C11H14N3O2.HI/c1-12(2)11(15)16-9-4-5-14-7-6-13(3)10(14)8-9;/h4-8H,1-3H3;1H/q+1;/p-1. The quantitative estimate of drug-likeness (QED) is 0.435. The fraction of sp³-hybridized carbons (Fsp3) is 0.273. The van der Waals surface area contributed by atoms with Crippen LogP contribution in [0.1, 0.15) is 0 Å². The summed E-state index contributed by atoms with van der Waals surface area (Å²) in [5.41, 5.74) is 0.962. The zero-order chi connectivity index (χ0) is 11.7. The van der Waals surface area contributed by atoms with Crippen LogP contribution in [-0.4, -0.2) is 29.5 Å². The number of nitrogens with zero attached hydrogens (tertiary/aromatic N) is 3. The Morgan fingerprint density at radius 3 is 2.76 bits per heavy atom. The number of imidazole rings is 1. The first-order valence-corrected chi connectivity index (χ1v) is 4.93. The van der Waals surface area contributed by atoms with Gasteiger partial charge in [-0.15, -0.1) is 0 Å². The second-order valence-electron chi connectivity index (χ2n) is 3.80. The maximum atomic E-state index is 11.4. The van der Waals surface area contributed by atoms with Crippen LogP contribution >= 0.6 is 0 Å². The molecule has 6 heteroatoms. The van der Waals surface area contributed by atoms with Crippen molar-refractivity contribution in [1.29, 1.82) is 0 Å². The fourth-order valence-corrected chi connectivity index (χ4v) is 1.39. The van der Waals surface area contributed by atoms with Gasteiger partial charge in [0.15, 0.2) is 0 Å². The van der Waals surface area contributed by atoms with Gasteiger partial charge in [0.05, 0.1) is 19.3 Å². The minimum Gasteiger partial charge on any atom is -1.00 e. The van der Waals surface area contributed by atoms with Crippen molar-refractivity contribution in [2.75, 3.05) is 14.1 Å². The van der Waals surface area contributed by atoms with Crippen LogP contribution in [0.4, 0.5) is 4.79 Å². The van der Waals surface area contributed by atoms with Crippen molar-refractivity contribution in [3.63, 3.8) is 0 Å². The molecule has 0 aliphatic rings. The lowest BCUT2D eigenvalue weighted by Crippen LogP contribution is -3.00. The second-order valence-corrected chi connectivity index (χ2v) is 3.80. The molecule has 0 aliphatic carbocycles. The van der Waals surface area contributed by atoms with E-state index in [0.29, 0.717) is 5.75 Å². The lowest BCUT2D eigenvalue weighted by Gasteiger charge is -2.09. The largest absolute Gasteiger partial charge is 1.00 e. The number of carbonyl (C=O) groups is 1. The summed E-state index contributed by atoms with van der Waals surface area (Å²) in [4.78, 5) is 12.8. The highest BCUT2D eigenvalue weighted by molar-refractivity contribution is 5.70. The highest BCUT2D eigenvalue weighted by Gasteiger charge is 2.11. The summed E-state index contributed by atoms with van der Waals surface area (Å²) in [6.45, 7) is 0. The average molecular weight is 347 g/mol. The molecule has 0 unspecified atom stereocenters. The van der Waals surface area contributed by atoms with Crippen molar-refractivity contribution in [3.05, 3.63) is 30.7 Å². The average Bonchev–Trinajstić information content (AvgIpc) is 2.60. The summed E-state index contributed by atoms with van der Waals surface area (Å²) in [6.07, 6.45) is 5.35. The van der Waals surface area contributed by atoms with E-state index in [1.165, 1.54) is 4.90 Å². The summed E-state index contributed by atoms with van der Waals surface area (Å²) in [6, 6.07) is 3.58. The summed E-state index contributed by atoms with van der Waals surface area (Å²) in [5, 5.41) is 0. The number of hydrogen-bond acceptors (Lipinski definition) is 2. The SMILES string of the molecule is CN(C)C(=O)Oc1ccn2cc[n+](C)c2c1.[I-]. The van der Waals surface area contributed by atoms with Gasteiger partial charge in [0.25, 0.3) is 5.65 Å². The van der Waals surface area contributed by atoms with Crippen LogP contribution in [-0.2, 0) is 7.05 Å². The molecule has 2 aromatic rings. The molecule has 2 aromatic heterocycles. The number of fused-ring (bicyclic) bond motifs is 1. The molecule has 0 aliphatic heterocycles. The predicted molar refractivity (Wildman–Crippen MR) is 58.3 cm³/mol. The first-order chi connectivity index (χ1) is 7.58. The number of aromatic nitrogens is 2. The van der Waals surface area contributed by atoms with Crippen LogP contribution in [0.15, 0.2) is 30.7 Å². The molecule has 2 rings (SSSR count). The van der Waals surface area contributed by atoms with E-state index in [4.69, 9.17) is 4.74 Å². The van der Waals surface area contributed by atoms with Crippen molar-refractivity contribution in [3.8, 4) is 5.75 Å². The number of pyridine rings is 1. The Labute approximate surface area is 117 Å². The van der Waals surface area contributed by atoms with E-state index in [2.05, 4.69) is 0 Å². The van der Waals surface area contributed by atoms with Gasteiger partial charge in [0.2, 0.25) is 0 Å². The normalized spacial score (nSPS) is 9.82. The van der Waals surface area contributed by atoms with Crippen LogP contribution < -0.4 is 33.3 Å². The number of halogens is 1. The molecule has 17 heavy (non-hydrogen) atoms. The number of carbonyl (C=O) groups excluding carboxylic acids is 1. The molecule has 2 heterocycles. The highest BCUT2D eigenvalue weighted by Crippen LogP contribution is 2.12. The topological polar surface area (TPSA) is 37.8 Å². The fourth-order valence-electron chi connectivity index (χ4n) is 1.39. The number of aryl methyl sites for hydroxylation is 1. The lowest BCUT2D eigenvalue weighted by atomic mass is 10.4. The smallest absolute Gasteiger partial charge is 0.414 e. The minimum absolute atomic E-state index is 0. The second kappa shape index (κ2) is 5.35. The van der Waals surface area contributed by atoms with E-state index in [9.17, 15) is 4.79 Å². The van der Waals surface area contributed by atoms with Crippen molar-refractivity contribution in [1.82, 2.24) is 9.30 Å². The Balaban J connectivity index is 0.00000144. The van der Waals surface area contributed by atoms with E-state index in [0.717, 1.165) is 5.65 Å². The predicted octanol–water partition coefficient (Wildman–Crippen LogP) is -2.17. The van der Waals surface area contributed by atoms with Gasteiger partial charge in [-0.05, 0) is 0 Å². The van der Waals surface area contributed by atoms with Crippen molar-refractivity contribution >= 4 is 11.7 Å². The summed E-state index contributed by atoms with van der Waals surface area (Å²) in [5.74, 6) is 0.542. The molecule has 92 valence electrons. The minimum atomic E-state index is -0.376. The monoisotopic (exact) mass is 347 g/mol. The van der Waals surface area contributed by atoms with Crippen LogP contribution in [0.5, 0.6) is 5.75 Å². The van der Waals surface area contributed by atoms with E-state index in [1.807, 2.05) is 40.7 Å². The number of hydrogen-bond donors (Lipinski definition) is 0. The summed E-state index contributed by atoms with van der Waals surface area (Å²) >= 11 is 0. The van der Waals surface area contributed by atoms with Gasteiger partial charge in [-0.3, -0.25) is 0 Å². The van der Waals surface area contributed by atoms with E-state index in [-0.39, 0.29) is 30.1 Å². The number of amides is 1. The van der Waals surface area contributed by atoms with Crippen LogP contribution in [0, 0.1) is 0 Å². The maximum Gasteiger partial charge on any atom is 0.414 e. The van der Waals surface area contributed by atoms with Gasteiger partial charge in [0, 0.05) is 20.2 Å². The van der Waals surface area contributed by atoms with Gasteiger partial charge >= 0.3 is 6.09 Å². The highest BCUT2D eigenvalue weighted by atomic mass is 127. The lowest BCUT2D eigenvalue weighted by molar-refractivity contribution is -0.644. The van der Waals surface area contributed by atoms with Gasteiger partial charge < -0.3 is 33.6 Å². The molecule has 0 radical (unpaired) electrons. The molecule has 0 N–H and O–H groups in total. The van der Waals surface area contributed by atoms with Gasteiger partial charge in [-0.2, -0.15) is 0 Å². The Morgan fingerprint density at radius 2 is 2.12 bits per heavy atom. The van der Waals surface area contributed by atoms with Crippen LogP contribution in [0.3, 0.4) is 0 Å². The molecule has 0 fully saturated rings. The van der Waals surface area contributed by atoms with Crippen LogP contribution in [0.2, 0.25) is 0 Å². The summed E-state index contributed by atoms with van der Waals surface area (Å²) < 4.78 is 9.07. The van der Waals surface area contributed by atoms with Crippen molar-refractivity contribution < 1.29 is 38.1 Å². The Morgan fingerprint density at radius 1 is 1.41 bits per heavy atom. The zero-order valence-corrected chi connectivity index (χ0v) is 12.1. The Hall–Kier alpha value is -1.31. The molecule has 1 amide bonds. The number of ether oxygens (including phenoxy) is 1. The van der Waals surface area contributed by atoms with Gasteiger partial charge in [0.1, 0.15) is 18.1 Å². The van der Waals surface area contributed by atoms with E-state index in [1.54, 1.807) is 20.2 Å². The molecular formula is C11H14IN3O2. The first kappa shape index (κ1) is 13.8. The molecule has 5 nitrogen and oxygen atoms in total. The van der Waals surface area contributed by atoms with Crippen molar-refractivity contribution in [2.45, 2.75) is 0 Å². The van der Waals surface area contributed by atoms with E-state index >= 15 is 0 Å². The molecule has 0 bridgehead atoms. The molecular weight excluding hydrogens is 333 g/mol. The molecule has 0 atom stereocenters. The van der Waals surface area contributed by atoms with Crippen molar-refractivity contribution in [2.24, 2.45) is 7.05 Å². The third-order valence-electron chi connectivity index (χ3n) is 2.32. The molecule has 0 saturated heterocycles.